The summed E-state index contributed by atoms with van der Waals surface area (Å²) in [6, 6.07) is 9.33. The minimum absolute atomic E-state index is 0.339. The lowest BCUT2D eigenvalue weighted by Crippen LogP contribution is -2.52. The summed E-state index contributed by atoms with van der Waals surface area (Å²) in [5.41, 5.74) is 0.265. The number of hydrogen-bond donors (Lipinski definition) is 2. The van der Waals surface area contributed by atoms with Gasteiger partial charge in [-0.2, -0.15) is 5.26 Å². The second-order valence-corrected chi connectivity index (χ2v) is 6.84. The Morgan fingerprint density at radius 1 is 1.32 bits per heavy atom. The summed E-state index contributed by atoms with van der Waals surface area (Å²) in [6.45, 7) is 5.09. The van der Waals surface area contributed by atoms with Gasteiger partial charge in [-0.25, -0.2) is 0 Å². The Morgan fingerprint density at radius 3 is 2.64 bits per heavy atom. The van der Waals surface area contributed by atoms with Crippen LogP contribution in [0.15, 0.2) is 41.3 Å². The van der Waals surface area contributed by atoms with Gasteiger partial charge in [0.25, 0.3) is 5.56 Å². The van der Waals surface area contributed by atoms with E-state index >= 15 is 0 Å². The van der Waals surface area contributed by atoms with Crippen LogP contribution >= 0.6 is 0 Å². The Kier molecular flexibility index (Phi) is 4.15. The first-order chi connectivity index (χ1) is 11.7. The van der Waals surface area contributed by atoms with Crippen LogP contribution in [0.2, 0.25) is 0 Å². The largest absolute Gasteiger partial charge is 0.485 e. The van der Waals surface area contributed by atoms with Crippen LogP contribution in [0.1, 0.15) is 49.6 Å². The molecule has 0 spiro atoms. The van der Waals surface area contributed by atoms with Crippen molar-refractivity contribution in [3.8, 4) is 11.8 Å². The number of aromatic nitrogens is 1. The van der Waals surface area contributed by atoms with E-state index in [2.05, 4.69) is 6.07 Å². The van der Waals surface area contributed by atoms with E-state index in [9.17, 15) is 15.0 Å². The van der Waals surface area contributed by atoms with Crippen LogP contribution in [0.3, 0.4) is 0 Å². The molecule has 0 saturated heterocycles. The number of aliphatic hydroxyl groups is 2. The van der Waals surface area contributed by atoms with Crippen LogP contribution in [-0.4, -0.2) is 26.5 Å². The summed E-state index contributed by atoms with van der Waals surface area (Å²) in [5, 5.41) is 29.7. The first-order valence-electron chi connectivity index (χ1n) is 8.06. The molecule has 0 radical (unpaired) electrons. The van der Waals surface area contributed by atoms with Gasteiger partial charge in [0.2, 0.25) is 0 Å². The number of aliphatic hydroxyl groups excluding tert-OH is 2. The SMILES string of the molecule is CC(O)c1ccn([C@@H]2c3cc(C#N)ccc3OC(C)(C)[C@H]2O)c(=O)c1. The first-order valence-corrected chi connectivity index (χ1v) is 8.06. The molecule has 0 aliphatic carbocycles. The Balaban J connectivity index is 2.21. The first kappa shape index (κ1) is 17.2. The van der Waals surface area contributed by atoms with Crippen molar-refractivity contribution in [2.45, 2.75) is 44.6 Å². The Labute approximate surface area is 145 Å². The van der Waals surface area contributed by atoms with Gasteiger partial charge in [0.15, 0.2) is 0 Å². The predicted molar refractivity (Wildman–Crippen MR) is 91.3 cm³/mol. The fourth-order valence-electron chi connectivity index (χ4n) is 3.13. The molecule has 1 unspecified atom stereocenters. The lowest BCUT2D eigenvalue weighted by Gasteiger charge is -2.42. The molecule has 0 bridgehead atoms. The monoisotopic (exact) mass is 340 g/mol. The van der Waals surface area contributed by atoms with E-state index in [0.717, 1.165) is 0 Å². The molecule has 1 aromatic heterocycles. The maximum absolute atomic E-state index is 12.6. The summed E-state index contributed by atoms with van der Waals surface area (Å²) in [5.74, 6) is 0.533. The fraction of sp³-hybridized carbons (Fsp3) is 0.368. The van der Waals surface area contributed by atoms with Crippen molar-refractivity contribution < 1.29 is 14.9 Å². The molecule has 1 aliphatic heterocycles. The number of rotatable bonds is 2. The zero-order valence-electron chi connectivity index (χ0n) is 14.3. The molecule has 3 rings (SSSR count). The second kappa shape index (κ2) is 6.03. The molecule has 1 aliphatic rings. The van der Waals surface area contributed by atoms with Crippen LogP contribution in [0.4, 0.5) is 0 Å². The molecule has 0 fully saturated rings. The van der Waals surface area contributed by atoms with Crippen molar-refractivity contribution in [2.24, 2.45) is 0 Å². The summed E-state index contributed by atoms with van der Waals surface area (Å²) in [6.07, 6.45) is -0.192. The highest BCUT2D eigenvalue weighted by Crippen LogP contribution is 2.41. The van der Waals surface area contributed by atoms with Crippen molar-refractivity contribution in [3.05, 3.63) is 63.6 Å². The second-order valence-electron chi connectivity index (χ2n) is 6.84. The maximum atomic E-state index is 12.6. The van der Waals surface area contributed by atoms with E-state index in [1.54, 1.807) is 51.2 Å². The Hall–Kier alpha value is -2.62. The number of benzene rings is 1. The number of nitrogens with zero attached hydrogens (tertiary/aromatic N) is 2. The molecule has 25 heavy (non-hydrogen) atoms. The van der Waals surface area contributed by atoms with Gasteiger partial charge >= 0.3 is 0 Å². The van der Waals surface area contributed by atoms with Gasteiger partial charge in [-0.15, -0.1) is 0 Å². The number of fused-ring (bicyclic) bond motifs is 1. The molecular formula is C19H20N2O4. The number of pyridine rings is 1. The van der Waals surface area contributed by atoms with Gasteiger partial charge in [0, 0.05) is 17.8 Å². The van der Waals surface area contributed by atoms with Crippen molar-refractivity contribution >= 4 is 0 Å². The molecule has 2 aromatic rings. The molecule has 6 nitrogen and oxygen atoms in total. The topological polar surface area (TPSA) is 95.5 Å². The summed E-state index contributed by atoms with van der Waals surface area (Å²) < 4.78 is 7.29. The third-order valence-corrected chi connectivity index (χ3v) is 4.60. The van der Waals surface area contributed by atoms with Gasteiger partial charge in [0.1, 0.15) is 17.5 Å². The van der Waals surface area contributed by atoms with E-state index < -0.39 is 23.9 Å². The average molecular weight is 340 g/mol. The van der Waals surface area contributed by atoms with Crippen LogP contribution in [0.5, 0.6) is 5.75 Å². The Morgan fingerprint density at radius 2 is 2.04 bits per heavy atom. The summed E-state index contributed by atoms with van der Waals surface area (Å²) >= 11 is 0. The average Bonchev–Trinajstić information content (AvgIpc) is 2.56. The normalized spacial score (nSPS) is 22.4. The lowest BCUT2D eigenvalue weighted by atomic mass is 9.85. The molecule has 6 heteroatoms. The van der Waals surface area contributed by atoms with E-state index in [-0.39, 0.29) is 5.56 Å². The van der Waals surface area contributed by atoms with Crippen molar-refractivity contribution in [1.82, 2.24) is 4.57 Å². The molecule has 2 N–H and O–H groups in total. The van der Waals surface area contributed by atoms with Gasteiger partial charge < -0.3 is 19.5 Å². The zero-order valence-corrected chi connectivity index (χ0v) is 14.3. The standard InChI is InChI=1S/C19H20N2O4/c1-11(22)13-6-7-21(16(23)9-13)17-14-8-12(10-20)4-5-15(14)25-19(2,3)18(17)24/h4-9,11,17-18,22,24H,1-3H3/t11?,17-,18+/m1/s1. The lowest BCUT2D eigenvalue weighted by molar-refractivity contribution is -0.0643. The third-order valence-electron chi connectivity index (χ3n) is 4.60. The zero-order chi connectivity index (χ0) is 18.4. The van der Waals surface area contributed by atoms with Crippen LogP contribution in [0, 0.1) is 11.3 Å². The highest BCUT2D eigenvalue weighted by Gasteiger charge is 2.44. The third kappa shape index (κ3) is 2.93. The van der Waals surface area contributed by atoms with Crippen LogP contribution < -0.4 is 10.3 Å². The van der Waals surface area contributed by atoms with Crippen LogP contribution in [0.25, 0.3) is 0 Å². The molecule has 0 saturated carbocycles. The van der Waals surface area contributed by atoms with Gasteiger partial charge in [0.05, 0.1) is 23.8 Å². The van der Waals surface area contributed by atoms with Gasteiger partial charge in [-0.05, 0) is 50.6 Å². The minimum atomic E-state index is -0.996. The molecular weight excluding hydrogens is 320 g/mol. The number of nitriles is 1. The van der Waals surface area contributed by atoms with E-state index in [1.165, 1.54) is 10.6 Å². The quantitative estimate of drug-likeness (QED) is 0.870. The molecule has 3 atom stereocenters. The van der Waals surface area contributed by atoms with E-state index in [4.69, 9.17) is 10.00 Å². The summed E-state index contributed by atoms with van der Waals surface area (Å²) in [7, 11) is 0. The Bertz CT molecular complexity index is 908. The fourth-order valence-corrected chi connectivity index (χ4v) is 3.13. The summed E-state index contributed by atoms with van der Waals surface area (Å²) in [4.78, 5) is 12.6. The number of ether oxygens (including phenoxy) is 1. The number of hydrogen-bond acceptors (Lipinski definition) is 5. The maximum Gasteiger partial charge on any atom is 0.251 e. The van der Waals surface area contributed by atoms with Crippen molar-refractivity contribution in [3.63, 3.8) is 0 Å². The van der Waals surface area contributed by atoms with E-state index in [0.29, 0.717) is 22.4 Å². The molecule has 130 valence electrons. The molecule has 0 amide bonds. The van der Waals surface area contributed by atoms with Gasteiger partial charge in [-0.1, -0.05) is 0 Å². The molecule has 2 heterocycles. The van der Waals surface area contributed by atoms with E-state index in [1.807, 2.05) is 0 Å². The highest BCUT2D eigenvalue weighted by molar-refractivity contribution is 5.46. The van der Waals surface area contributed by atoms with Crippen LogP contribution in [-0.2, 0) is 0 Å². The highest BCUT2D eigenvalue weighted by atomic mass is 16.5. The minimum Gasteiger partial charge on any atom is -0.485 e. The van der Waals surface area contributed by atoms with Crippen molar-refractivity contribution in [1.29, 1.82) is 5.26 Å². The predicted octanol–water partition coefficient (Wildman–Crippen LogP) is 1.89. The van der Waals surface area contributed by atoms with Crippen molar-refractivity contribution in [2.75, 3.05) is 0 Å². The smallest absolute Gasteiger partial charge is 0.251 e. The molecule has 1 aromatic carbocycles. The van der Waals surface area contributed by atoms with Gasteiger partial charge in [-0.3, -0.25) is 4.79 Å².